The summed E-state index contributed by atoms with van der Waals surface area (Å²) in [5.74, 6) is 0.196. The highest BCUT2D eigenvalue weighted by molar-refractivity contribution is 5.78. The van der Waals surface area contributed by atoms with E-state index in [1.165, 1.54) is 5.56 Å². The van der Waals surface area contributed by atoms with E-state index in [2.05, 4.69) is 12.2 Å². The fraction of sp³-hybridized carbons (Fsp3) is 0.462. The Labute approximate surface area is 102 Å². The van der Waals surface area contributed by atoms with Crippen LogP contribution in [0, 0.1) is 0 Å². The lowest BCUT2D eigenvalue weighted by atomic mass is 10.0. The summed E-state index contributed by atoms with van der Waals surface area (Å²) < 4.78 is 5.38. The summed E-state index contributed by atoms with van der Waals surface area (Å²) in [5, 5.41) is 3.23. The zero-order valence-electron chi connectivity index (χ0n) is 10.6. The van der Waals surface area contributed by atoms with Crippen molar-refractivity contribution in [1.82, 2.24) is 5.32 Å². The molecule has 2 unspecified atom stereocenters. The first-order chi connectivity index (χ1) is 8.08. The van der Waals surface area contributed by atoms with Crippen molar-refractivity contribution in [2.45, 2.75) is 32.4 Å². The van der Waals surface area contributed by atoms with Crippen LogP contribution in [0.3, 0.4) is 0 Å². The van der Waals surface area contributed by atoms with Crippen LogP contribution in [0.2, 0.25) is 0 Å². The lowest BCUT2D eigenvalue weighted by molar-refractivity contribution is -0.123. The average molecular weight is 236 g/mol. The first-order valence-electron chi connectivity index (χ1n) is 5.81. The molecule has 0 bridgehead atoms. The van der Waals surface area contributed by atoms with Gasteiger partial charge in [0.2, 0.25) is 0 Å². The number of ether oxygens (including phenoxy) is 1. The Bertz CT molecular complexity index is 358. The predicted molar refractivity (Wildman–Crippen MR) is 67.8 cm³/mol. The van der Waals surface area contributed by atoms with Crippen LogP contribution in [-0.4, -0.2) is 19.1 Å². The standard InChI is InChI=1S/C13H20N2O2/c1-4-12(15-3)10-5-7-11(8-6-10)17-9(2)13(14)16/h5-9,12,15H,4H2,1-3H3,(H2,14,16). The Hall–Kier alpha value is -1.55. The third-order valence-corrected chi connectivity index (χ3v) is 2.75. The van der Waals surface area contributed by atoms with Gasteiger partial charge < -0.3 is 15.8 Å². The van der Waals surface area contributed by atoms with E-state index in [4.69, 9.17) is 10.5 Å². The Kier molecular flexibility index (Phi) is 4.97. The number of carbonyl (C=O) groups excluding carboxylic acids is 1. The molecule has 1 amide bonds. The van der Waals surface area contributed by atoms with Crippen molar-refractivity contribution >= 4 is 5.91 Å². The molecule has 3 N–H and O–H groups in total. The van der Waals surface area contributed by atoms with E-state index in [1.807, 2.05) is 31.3 Å². The molecule has 17 heavy (non-hydrogen) atoms. The van der Waals surface area contributed by atoms with Crippen molar-refractivity contribution in [3.8, 4) is 5.75 Å². The number of nitrogens with two attached hydrogens (primary N) is 1. The topological polar surface area (TPSA) is 64.3 Å². The molecule has 0 spiro atoms. The van der Waals surface area contributed by atoms with Gasteiger partial charge in [-0.3, -0.25) is 4.79 Å². The summed E-state index contributed by atoms with van der Waals surface area (Å²) in [6.45, 7) is 3.76. The maximum absolute atomic E-state index is 10.9. The van der Waals surface area contributed by atoms with E-state index >= 15 is 0 Å². The van der Waals surface area contributed by atoms with Crippen LogP contribution in [0.1, 0.15) is 31.9 Å². The largest absolute Gasteiger partial charge is 0.481 e. The molecule has 0 aromatic heterocycles. The molecule has 0 aliphatic heterocycles. The molecule has 4 nitrogen and oxygen atoms in total. The second-order valence-electron chi connectivity index (χ2n) is 3.98. The fourth-order valence-electron chi connectivity index (χ4n) is 1.65. The summed E-state index contributed by atoms with van der Waals surface area (Å²) in [6.07, 6.45) is 0.418. The first-order valence-corrected chi connectivity index (χ1v) is 5.81. The molecular formula is C13H20N2O2. The monoisotopic (exact) mass is 236 g/mol. The number of amides is 1. The van der Waals surface area contributed by atoms with Crippen LogP contribution in [0.25, 0.3) is 0 Å². The van der Waals surface area contributed by atoms with Gasteiger partial charge in [-0.15, -0.1) is 0 Å². The van der Waals surface area contributed by atoms with Crippen LogP contribution < -0.4 is 15.8 Å². The Morgan fingerprint density at radius 3 is 2.41 bits per heavy atom. The van der Waals surface area contributed by atoms with Crippen molar-refractivity contribution in [2.24, 2.45) is 5.73 Å². The summed E-state index contributed by atoms with van der Waals surface area (Å²) in [5.41, 5.74) is 6.33. The summed E-state index contributed by atoms with van der Waals surface area (Å²) in [4.78, 5) is 10.9. The highest BCUT2D eigenvalue weighted by atomic mass is 16.5. The van der Waals surface area contributed by atoms with Crippen molar-refractivity contribution in [2.75, 3.05) is 7.05 Å². The molecule has 0 saturated heterocycles. The SMILES string of the molecule is CCC(NC)c1ccc(OC(C)C(N)=O)cc1. The molecule has 2 atom stereocenters. The molecule has 0 saturated carbocycles. The molecule has 1 aromatic rings. The maximum Gasteiger partial charge on any atom is 0.258 e. The zero-order valence-corrected chi connectivity index (χ0v) is 10.6. The molecule has 0 heterocycles. The quantitative estimate of drug-likeness (QED) is 0.788. The van der Waals surface area contributed by atoms with Crippen LogP contribution in [0.5, 0.6) is 5.75 Å². The number of benzene rings is 1. The van der Waals surface area contributed by atoms with Gasteiger partial charge >= 0.3 is 0 Å². The Morgan fingerprint density at radius 2 is 2.00 bits per heavy atom. The molecule has 94 valence electrons. The molecular weight excluding hydrogens is 216 g/mol. The Balaban J connectivity index is 2.71. The van der Waals surface area contributed by atoms with Gasteiger partial charge in [-0.05, 0) is 38.1 Å². The lowest BCUT2D eigenvalue weighted by Crippen LogP contribution is -2.30. The number of rotatable bonds is 6. The highest BCUT2D eigenvalue weighted by Crippen LogP contribution is 2.20. The van der Waals surface area contributed by atoms with E-state index in [0.29, 0.717) is 11.8 Å². The second-order valence-corrected chi connectivity index (χ2v) is 3.98. The van der Waals surface area contributed by atoms with Crippen molar-refractivity contribution in [3.05, 3.63) is 29.8 Å². The van der Waals surface area contributed by atoms with Gasteiger partial charge in [0.1, 0.15) is 5.75 Å². The van der Waals surface area contributed by atoms with E-state index in [-0.39, 0.29) is 0 Å². The third-order valence-electron chi connectivity index (χ3n) is 2.75. The van der Waals surface area contributed by atoms with Gasteiger partial charge in [-0.1, -0.05) is 19.1 Å². The zero-order chi connectivity index (χ0) is 12.8. The summed E-state index contributed by atoms with van der Waals surface area (Å²) in [7, 11) is 1.94. The lowest BCUT2D eigenvalue weighted by Gasteiger charge is -2.16. The number of carbonyl (C=O) groups is 1. The van der Waals surface area contributed by atoms with Gasteiger partial charge in [0.15, 0.2) is 6.10 Å². The molecule has 4 heteroatoms. The van der Waals surface area contributed by atoms with Crippen molar-refractivity contribution in [1.29, 1.82) is 0 Å². The molecule has 0 fully saturated rings. The van der Waals surface area contributed by atoms with E-state index in [1.54, 1.807) is 6.92 Å². The van der Waals surface area contributed by atoms with Gasteiger partial charge in [0.25, 0.3) is 5.91 Å². The van der Waals surface area contributed by atoms with Crippen LogP contribution >= 0.6 is 0 Å². The molecule has 0 radical (unpaired) electrons. The smallest absolute Gasteiger partial charge is 0.258 e. The highest BCUT2D eigenvalue weighted by Gasteiger charge is 2.11. The minimum absolute atomic E-state index is 0.345. The fourth-order valence-corrected chi connectivity index (χ4v) is 1.65. The van der Waals surface area contributed by atoms with Crippen molar-refractivity contribution in [3.63, 3.8) is 0 Å². The molecule has 1 aromatic carbocycles. The number of primary amides is 1. The van der Waals surface area contributed by atoms with Crippen LogP contribution in [0.15, 0.2) is 24.3 Å². The maximum atomic E-state index is 10.9. The third kappa shape index (κ3) is 3.75. The van der Waals surface area contributed by atoms with Gasteiger partial charge in [0, 0.05) is 6.04 Å². The van der Waals surface area contributed by atoms with Crippen LogP contribution in [0.4, 0.5) is 0 Å². The van der Waals surface area contributed by atoms with Gasteiger partial charge in [0.05, 0.1) is 0 Å². The van der Waals surface area contributed by atoms with E-state index in [9.17, 15) is 4.79 Å². The minimum Gasteiger partial charge on any atom is -0.481 e. The molecule has 1 rings (SSSR count). The van der Waals surface area contributed by atoms with Crippen LogP contribution in [-0.2, 0) is 4.79 Å². The normalized spacial score (nSPS) is 14.1. The minimum atomic E-state index is -0.605. The first kappa shape index (κ1) is 13.5. The number of hydrogen-bond acceptors (Lipinski definition) is 3. The van der Waals surface area contributed by atoms with Gasteiger partial charge in [-0.2, -0.15) is 0 Å². The summed E-state index contributed by atoms with van der Waals surface area (Å²) >= 11 is 0. The molecule has 0 aliphatic rings. The van der Waals surface area contributed by atoms with E-state index < -0.39 is 12.0 Å². The Morgan fingerprint density at radius 1 is 1.41 bits per heavy atom. The predicted octanol–water partition coefficient (Wildman–Crippen LogP) is 1.61. The second kappa shape index (κ2) is 6.25. The summed E-state index contributed by atoms with van der Waals surface area (Å²) in [6, 6.07) is 8.04. The van der Waals surface area contributed by atoms with Gasteiger partial charge in [-0.25, -0.2) is 0 Å². The molecule has 0 aliphatic carbocycles. The van der Waals surface area contributed by atoms with Crippen molar-refractivity contribution < 1.29 is 9.53 Å². The number of hydrogen-bond donors (Lipinski definition) is 2. The number of nitrogens with one attached hydrogen (secondary N) is 1. The van der Waals surface area contributed by atoms with E-state index in [0.717, 1.165) is 6.42 Å². The average Bonchev–Trinajstić information content (AvgIpc) is 2.32.